The van der Waals surface area contributed by atoms with Crippen LogP contribution < -0.4 is 10.2 Å². The first kappa shape index (κ1) is 17.0. The first-order valence-corrected chi connectivity index (χ1v) is 9.24. The topological polar surface area (TPSA) is 92.5 Å². The van der Waals surface area contributed by atoms with Gasteiger partial charge in [-0.1, -0.05) is 0 Å². The smallest absolute Gasteiger partial charge is 0.271 e. The molecule has 136 valence electrons. The van der Waals surface area contributed by atoms with Crippen molar-refractivity contribution in [2.24, 2.45) is 5.92 Å². The standard InChI is InChI=1S/C18H18ClN3O4/c19-9-16(24)21-14-7-6-11(22(25)26)8-13(14)20-12-2-1-3-15(23)17(12)18(21)10-4-5-10/h6-8,10,18,20H,1-5,9H2. The molecule has 3 aliphatic rings. The van der Waals surface area contributed by atoms with Crippen LogP contribution in [0.25, 0.3) is 0 Å². The lowest BCUT2D eigenvalue weighted by Crippen LogP contribution is -2.45. The van der Waals surface area contributed by atoms with E-state index in [1.165, 1.54) is 12.1 Å². The minimum atomic E-state index is -0.472. The van der Waals surface area contributed by atoms with Crippen molar-refractivity contribution in [3.8, 4) is 0 Å². The van der Waals surface area contributed by atoms with Crippen LogP contribution >= 0.6 is 11.6 Å². The zero-order chi connectivity index (χ0) is 18.4. The van der Waals surface area contributed by atoms with Gasteiger partial charge in [0.15, 0.2) is 5.78 Å². The van der Waals surface area contributed by atoms with Crippen LogP contribution in [0, 0.1) is 16.0 Å². The number of halogens is 1. The van der Waals surface area contributed by atoms with Gasteiger partial charge in [-0.25, -0.2) is 0 Å². The fourth-order valence-corrected chi connectivity index (χ4v) is 4.07. The average Bonchev–Trinajstić information content (AvgIpc) is 3.45. The van der Waals surface area contributed by atoms with Gasteiger partial charge in [0, 0.05) is 29.8 Å². The number of hydrogen-bond donors (Lipinski definition) is 1. The highest BCUT2D eigenvalue weighted by atomic mass is 35.5. The Morgan fingerprint density at radius 1 is 1.35 bits per heavy atom. The van der Waals surface area contributed by atoms with Crippen LogP contribution in [0.5, 0.6) is 0 Å². The minimum absolute atomic E-state index is 0.0466. The van der Waals surface area contributed by atoms with Crippen LogP contribution in [0.15, 0.2) is 29.5 Å². The Bertz CT molecular complexity index is 847. The number of anilines is 2. The number of amides is 1. The second-order valence-corrected chi connectivity index (χ2v) is 7.20. The predicted molar refractivity (Wildman–Crippen MR) is 97.3 cm³/mol. The Hall–Kier alpha value is -2.41. The van der Waals surface area contributed by atoms with Crippen molar-refractivity contribution < 1.29 is 14.5 Å². The first-order chi connectivity index (χ1) is 12.5. The number of carbonyl (C=O) groups is 2. The molecular weight excluding hydrogens is 358 g/mol. The largest absolute Gasteiger partial charge is 0.357 e. The van der Waals surface area contributed by atoms with Crippen LogP contribution in [0.1, 0.15) is 32.1 Å². The number of alkyl halides is 1. The molecule has 8 heteroatoms. The summed E-state index contributed by atoms with van der Waals surface area (Å²) >= 11 is 5.87. The number of non-ortho nitro benzene ring substituents is 1. The van der Waals surface area contributed by atoms with Gasteiger partial charge in [-0.15, -0.1) is 11.6 Å². The van der Waals surface area contributed by atoms with E-state index in [-0.39, 0.29) is 35.2 Å². The van der Waals surface area contributed by atoms with Crippen molar-refractivity contribution in [3.63, 3.8) is 0 Å². The van der Waals surface area contributed by atoms with E-state index in [0.29, 0.717) is 29.8 Å². The van der Waals surface area contributed by atoms with E-state index in [0.717, 1.165) is 25.0 Å². The number of nitro benzene ring substituents is 1. The number of nitrogens with one attached hydrogen (secondary N) is 1. The lowest BCUT2D eigenvalue weighted by atomic mass is 9.87. The second kappa shape index (κ2) is 6.39. The normalized spacial score (nSPS) is 22.3. The van der Waals surface area contributed by atoms with Crippen molar-refractivity contribution in [1.82, 2.24) is 0 Å². The quantitative estimate of drug-likeness (QED) is 0.496. The van der Waals surface area contributed by atoms with E-state index in [1.807, 2.05) is 0 Å². The van der Waals surface area contributed by atoms with E-state index >= 15 is 0 Å². The van der Waals surface area contributed by atoms with Gasteiger partial charge < -0.3 is 10.2 Å². The van der Waals surface area contributed by atoms with Crippen LogP contribution in [0.2, 0.25) is 0 Å². The second-order valence-electron chi connectivity index (χ2n) is 6.93. The predicted octanol–water partition coefficient (Wildman–Crippen LogP) is 3.38. The van der Waals surface area contributed by atoms with Crippen LogP contribution in [0.4, 0.5) is 17.1 Å². The van der Waals surface area contributed by atoms with Crippen LogP contribution in [-0.2, 0) is 9.59 Å². The monoisotopic (exact) mass is 375 g/mol. The number of carbonyl (C=O) groups excluding carboxylic acids is 2. The third kappa shape index (κ3) is 2.76. The SMILES string of the molecule is O=C1CCCC2=C1C(C1CC1)N(C(=O)CCl)c1ccc([N+](=O)[O-])cc1N2. The third-order valence-electron chi connectivity index (χ3n) is 5.22. The summed E-state index contributed by atoms with van der Waals surface area (Å²) in [7, 11) is 0. The van der Waals surface area contributed by atoms with E-state index < -0.39 is 4.92 Å². The third-order valence-corrected chi connectivity index (χ3v) is 5.45. The molecule has 1 aliphatic heterocycles. The van der Waals surface area contributed by atoms with Crippen molar-refractivity contribution in [2.45, 2.75) is 38.1 Å². The van der Waals surface area contributed by atoms with Crippen LogP contribution in [-0.4, -0.2) is 28.5 Å². The summed E-state index contributed by atoms with van der Waals surface area (Å²) in [6.07, 6.45) is 3.78. The van der Waals surface area contributed by atoms with Crippen molar-refractivity contribution in [2.75, 3.05) is 16.1 Å². The van der Waals surface area contributed by atoms with Gasteiger partial charge in [0.1, 0.15) is 5.88 Å². The zero-order valence-corrected chi connectivity index (χ0v) is 14.8. The Morgan fingerprint density at radius 3 is 2.77 bits per heavy atom. The number of ketones is 1. The minimum Gasteiger partial charge on any atom is -0.357 e. The fraction of sp³-hybridized carbons (Fsp3) is 0.444. The summed E-state index contributed by atoms with van der Waals surface area (Å²) in [5, 5.41) is 14.4. The summed E-state index contributed by atoms with van der Waals surface area (Å²) in [5.74, 6) is -0.244. The van der Waals surface area contributed by atoms with Crippen molar-refractivity contribution in [3.05, 3.63) is 39.6 Å². The van der Waals surface area contributed by atoms with Gasteiger partial charge in [0.2, 0.25) is 5.91 Å². The Labute approximate surface area is 155 Å². The lowest BCUT2D eigenvalue weighted by molar-refractivity contribution is -0.384. The summed E-state index contributed by atoms with van der Waals surface area (Å²) < 4.78 is 0. The lowest BCUT2D eigenvalue weighted by Gasteiger charge is -2.33. The molecule has 1 aromatic carbocycles. The maximum Gasteiger partial charge on any atom is 0.271 e. The van der Waals surface area contributed by atoms with Gasteiger partial charge >= 0.3 is 0 Å². The molecule has 1 atom stereocenters. The Balaban J connectivity index is 1.93. The van der Waals surface area contributed by atoms with Gasteiger partial charge in [0.25, 0.3) is 5.69 Å². The molecule has 1 aromatic rings. The zero-order valence-electron chi connectivity index (χ0n) is 14.0. The maximum absolute atomic E-state index is 12.7. The molecule has 2 aliphatic carbocycles. The first-order valence-electron chi connectivity index (χ1n) is 8.71. The molecule has 0 aromatic heterocycles. The highest BCUT2D eigenvalue weighted by Gasteiger charge is 2.46. The summed E-state index contributed by atoms with van der Waals surface area (Å²) in [5.41, 5.74) is 2.38. The molecule has 1 unspecified atom stereocenters. The molecule has 1 saturated carbocycles. The molecular formula is C18H18ClN3O4. The van der Waals surface area contributed by atoms with Crippen molar-refractivity contribution >= 4 is 40.4 Å². The van der Waals surface area contributed by atoms with Gasteiger partial charge in [-0.3, -0.25) is 19.7 Å². The Morgan fingerprint density at radius 2 is 2.12 bits per heavy atom. The highest BCUT2D eigenvalue weighted by molar-refractivity contribution is 6.30. The maximum atomic E-state index is 12.7. The number of benzene rings is 1. The van der Waals surface area contributed by atoms with Gasteiger partial charge in [-0.2, -0.15) is 0 Å². The van der Waals surface area contributed by atoms with E-state index in [9.17, 15) is 19.7 Å². The summed E-state index contributed by atoms with van der Waals surface area (Å²) in [4.78, 5) is 37.7. The average molecular weight is 376 g/mol. The fourth-order valence-electron chi connectivity index (χ4n) is 3.94. The molecule has 1 heterocycles. The number of nitro groups is 1. The molecule has 0 spiro atoms. The molecule has 0 saturated heterocycles. The molecule has 26 heavy (non-hydrogen) atoms. The summed E-state index contributed by atoms with van der Waals surface area (Å²) in [6.45, 7) is 0. The van der Waals surface area contributed by atoms with E-state index in [2.05, 4.69) is 5.32 Å². The molecule has 0 bridgehead atoms. The number of nitrogens with zero attached hydrogens (tertiary/aromatic N) is 2. The number of allylic oxidation sites excluding steroid dienone is 1. The highest BCUT2D eigenvalue weighted by Crippen LogP contribution is 2.47. The number of Topliss-reactive ketones (excluding diaryl/α,β-unsaturated/α-hetero) is 1. The number of hydrogen-bond acceptors (Lipinski definition) is 5. The van der Waals surface area contributed by atoms with E-state index in [4.69, 9.17) is 11.6 Å². The molecule has 1 N–H and O–H groups in total. The van der Waals surface area contributed by atoms with Crippen molar-refractivity contribution in [1.29, 1.82) is 0 Å². The molecule has 1 amide bonds. The molecule has 0 radical (unpaired) electrons. The van der Waals surface area contributed by atoms with Gasteiger partial charge in [-0.05, 0) is 37.7 Å². The van der Waals surface area contributed by atoms with Crippen LogP contribution in [0.3, 0.4) is 0 Å². The van der Waals surface area contributed by atoms with Gasteiger partial charge in [0.05, 0.1) is 22.3 Å². The Kier molecular flexibility index (Phi) is 4.19. The van der Waals surface area contributed by atoms with E-state index in [1.54, 1.807) is 11.0 Å². The molecule has 7 nitrogen and oxygen atoms in total. The molecule has 1 fully saturated rings. The number of rotatable bonds is 3. The summed E-state index contributed by atoms with van der Waals surface area (Å²) in [6, 6.07) is 4.02. The molecule has 4 rings (SSSR count). The number of fused-ring (bicyclic) bond motifs is 1.